The number of carbonyl (C=O) groups excluding carboxylic acids is 1. The predicted octanol–water partition coefficient (Wildman–Crippen LogP) is 2.61. The van der Waals surface area contributed by atoms with Crippen molar-refractivity contribution in [2.24, 2.45) is 7.05 Å². The minimum atomic E-state index is -0.450. The summed E-state index contributed by atoms with van der Waals surface area (Å²) in [5.74, 6) is -0.222. The quantitative estimate of drug-likeness (QED) is 0.479. The highest BCUT2D eigenvalue weighted by Gasteiger charge is 2.20. The van der Waals surface area contributed by atoms with E-state index in [1.54, 1.807) is 18.2 Å². The predicted molar refractivity (Wildman–Crippen MR) is 113 cm³/mol. The molecule has 9 heteroatoms. The minimum Gasteiger partial charge on any atom is -0.349 e. The van der Waals surface area contributed by atoms with Gasteiger partial charge in [0.05, 0.1) is 16.3 Å². The Kier molecular flexibility index (Phi) is 5.62. The highest BCUT2D eigenvalue weighted by Crippen LogP contribution is 2.23. The van der Waals surface area contributed by atoms with E-state index in [2.05, 4.69) is 15.3 Å². The number of rotatable bonds is 7. The van der Waals surface area contributed by atoms with Crippen molar-refractivity contribution in [2.75, 3.05) is 26.2 Å². The first kappa shape index (κ1) is 19.8. The number of aromatic nitrogens is 3. The van der Waals surface area contributed by atoms with Gasteiger partial charge in [0, 0.05) is 38.5 Å². The van der Waals surface area contributed by atoms with Crippen LogP contribution in [0.5, 0.6) is 0 Å². The summed E-state index contributed by atoms with van der Waals surface area (Å²) in [6, 6.07) is 11.6. The molecule has 1 saturated heterocycles. The lowest BCUT2D eigenvalue weighted by molar-refractivity contribution is -0.384. The first-order valence-electron chi connectivity index (χ1n) is 10.00. The summed E-state index contributed by atoms with van der Waals surface area (Å²) >= 11 is 0. The number of non-ortho nitro benzene ring substituents is 1. The van der Waals surface area contributed by atoms with Gasteiger partial charge in [-0.2, -0.15) is 5.10 Å². The summed E-state index contributed by atoms with van der Waals surface area (Å²) in [4.78, 5) is 25.8. The molecule has 30 heavy (non-hydrogen) atoms. The van der Waals surface area contributed by atoms with Gasteiger partial charge in [0.2, 0.25) is 0 Å². The molecule has 0 radical (unpaired) electrons. The van der Waals surface area contributed by atoms with Crippen molar-refractivity contribution in [2.45, 2.75) is 12.8 Å². The van der Waals surface area contributed by atoms with Crippen LogP contribution in [0.15, 0.2) is 48.7 Å². The first-order chi connectivity index (χ1) is 14.5. The number of nitro benzene ring substituents is 1. The third-order valence-electron chi connectivity index (χ3n) is 5.37. The average molecular weight is 408 g/mol. The van der Waals surface area contributed by atoms with Gasteiger partial charge in [0.25, 0.3) is 11.6 Å². The molecule has 0 aliphatic carbocycles. The average Bonchev–Trinajstić information content (AvgIpc) is 3.48. The Hall–Kier alpha value is -3.46. The topological polar surface area (TPSA) is 98.2 Å². The van der Waals surface area contributed by atoms with Crippen LogP contribution < -0.4 is 5.32 Å². The molecule has 0 atom stereocenters. The summed E-state index contributed by atoms with van der Waals surface area (Å²) in [5, 5.41) is 18.6. The maximum absolute atomic E-state index is 13.0. The van der Waals surface area contributed by atoms with Crippen molar-refractivity contribution in [3.63, 3.8) is 0 Å². The Labute approximate surface area is 174 Å². The molecule has 156 valence electrons. The summed E-state index contributed by atoms with van der Waals surface area (Å²) in [5.41, 5.74) is 2.50. The molecule has 1 fully saturated rings. The zero-order valence-corrected chi connectivity index (χ0v) is 16.8. The van der Waals surface area contributed by atoms with Gasteiger partial charge in [0.15, 0.2) is 0 Å². The third-order valence-corrected chi connectivity index (χ3v) is 5.37. The molecule has 1 N–H and O–H groups in total. The van der Waals surface area contributed by atoms with Crippen LogP contribution in [0, 0.1) is 10.1 Å². The molecule has 0 saturated carbocycles. The van der Waals surface area contributed by atoms with Gasteiger partial charge in [-0.25, -0.2) is 4.68 Å². The van der Waals surface area contributed by atoms with Crippen LogP contribution in [-0.4, -0.2) is 56.3 Å². The van der Waals surface area contributed by atoms with E-state index in [-0.39, 0.29) is 11.6 Å². The molecule has 0 bridgehead atoms. The van der Waals surface area contributed by atoms with Crippen molar-refractivity contribution in [3.05, 3.63) is 64.5 Å². The van der Waals surface area contributed by atoms with Gasteiger partial charge in [-0.1, -0.05) is 0 Å². The number of likely N-dealkylation sites (tertiary alicyclic amines) is 1. The molecular weight excluding hydrogens is 384 g/mol. The SMILES string of the molecule is Cn1cccc1-c1cc(C(=O)NCCN2CCCC2)n(-c2ccc([N+](=O)[O-])cc2)n1. The highest BCUT2D eigenvalue weighted by atomic mass is 16.6. The molecule has 1 aliphatic heterocycles. The fourth-order valence-corrected chi connectivity index (χ4v) is 3.73. The number of nitro groups is 1. The fraction of sp³-hybridized carbons (Fsp3) is 0.333. The standard InChI is InChI=1S/C21H24N6O3/c1-24-11-4-5-19(24)18-15-20(21(28)22-10-14-25-12-2-3-13-25)26(23-18)16-6-8-17(9-7-16)27(29)30/h4-9,11,15H,2-3,10,12-14H2,1H3,(H,22,28). The van der Waals surface area contributed by atoms with Gasteiger partial charge in [-0.3, -0.25) is 14.9 Å². The molecule has 4 rings (SSSR count). The normalized spacial score (nSPS) is 14.2. The van der Waals surface area contributed by atoms with Gasteiger partial charge >= 0.3 is 0 Å². The van der Waals surface area contributed by atoms with Crippen LogP contribution in [0.1, 0.15) is 23.3 Å². The molecular formula is C21H24N6O3. The van der Waals surface area contributed by atoms with E-state index in [0.29, 0.717) is 23.6 Å². The zero-order valence-electron chi connectivity index (χ0n) is 16.8. The van der Waals surface area contributed by atoms with Crippen molar-refractivity contribution in [1.82, 2.24) is 24.6 Å². The second-order valence-electron chi connectivity index (χ2n) is 7.41. The maximum atomic E-state index is 13.0. The van der Waals surface area contributed by atoms with Crippen LogP contribution in [0.4, 0.5) is 5.69 Å². The number of hydrogen-bond acceptors (Lipinski definition) is 5. The van der Waals surface area contributed by atoms with E-state index in [1.165, 1.54) is 29.7 Å². The van der Waals surface area contributed by atoms with E-state index in [1.807, 2.05) is 29.9 Å². The summed E-state index contributed by atoms with van der Waals surface area (Å²) in [6.07, 6.45) is 4.33. The monoisotopic (exact) mass is 408 g/mol. The molecule has 3 aromatic rings. The van der Waals surface area contributed by atoms with Crippen molar-refractivity contribution < 1.29 is 9.72 Å². The van der Waals surface area contributed by atoms with Gasteiger partial charge in [-0.15, -0.1) is 0 Å². The van der Waals surface area contributed by atoms with E-state index >= 15 is 0 Å². The van der Waals surface area contributed by atoms with E-state index in [0.717, 1.165) is 25.3 Å². The lowest BCUT2D eigenvalue weighted by Crippen LogP contribution is -2.34. The number of hydrogen-bond donors (Lipinski definition) is 1. The highest BCUT2D eigenvalue weighted by molar-refractivity contribution is 5.94. The largest absolute Gasteiger partial charge is 0.349 e. The number of nitrogens with zero attached hydrogens (tertiary/aromatic N) is 5. The molecule has 2 aromatic heterocycles. The molecule has 0 spiro atoms. The lowest BCUT2D eigenvalue weighted by Gasteiger charge is -2.15. The van der Waals surface area contributed by atoms with Crippen LogP contribution in [0.25, 0.3) is 17.1 Å². The van der Waals surface area contributed by atoms with Gasteiger partial charge in [0.1, 0.15) is 11.4 Å². The van der Waals surface area contributed by atoms with Crippen LogP contribution >= 0.6 is 0 Å². The van der Waals surface area contributed by atoms with E-state index in [9.17, 15) is 14.9 Å². The van der Waals surface area contributed by atoms with Gasteiger partial charge < -0.3 is 14.8 Å². The summed E-state index contributed by atoms with van der Waals surface area (Å²) < 4.78 is 3.47. The second kappa shape index (κ2) is 8.50. The Morgan fingerprint density at radius 2 is 1.93 bits per heavy atom. The number of amides is 1. The van der Waals surface area contributed by atoms with Crippen molar-refractivity contribution >= 4 is 11.6 Å². The lowest BCUT2D eigenvalue weighted by atomic mass is 10.2. The molecule has 1 amide bonds. The zero-order chi connectivity index (χ0) is 21.1. The molecule has 9 nitrogen and oxygen atoms in total. The van der Waals surface area contributed by atoms with Crippen LogP contribution in [0.2, 0.25) is 0 Å². The second-order valence-corrected chi connectivity index (χ2v) is 7.41. The van der Waals surface area contributed by atoms with Crippen molar-refractivity contribution in [1.29, 1.82) is 0 Å². The van der Waals surface area contributed by atoms with Crippen LogP contribution in [0.3, 0.4) is 0 Å². The summed E-state index contributed by atoms with van der Waals surface area (Å²) in [6.45, 7) is 3.54. The fourth-order valence-electron chi connectivity index (χ4n) is 3.73. The van der Waals surface area contributed by atoms with E-state index < -0.39 is 4.92 Å². The maximum Gasteiger partial charge on any atom is 0.270 e. The smallest absolute Gasteiger partial charge is 0.270 e. The Morgan fingerprint density at radius 3 is 2.57 bits per heavy atom. The Bertz CT molecular complexity index is 1050. The Morgan fingerprint density at radius 1 is 1.20 bits per heavy atom. The third kappa shape index (κ3) is 4.11. The van der Waals surface area contributed by atoms with E-state index in [4.69, 9.17) is 0 Å². The number of carbonyl (C=O) groups is 1. The number of nitrogens with one attached hydrogen (secondary N) is 1. The Balaban J connectivity index is 1.61. The molecule has 1 aromatic carbocycles. The minimum absolute atomic E-state index is 0.00909. The summed E-state index contributed by atoms with van der Waals surface area (Å²) in [7, 11) is 1.91. The van der Waals surface area contributed by atoms with Crippen LogP contribution in [-0.2, 0) is 7.05 Å². The molecule has 1 aliphatic rings. The number of benzene rings is 1. The molecule has 3 heterocycles. The van der Waals surface area contributed by atoms with Gasteiger partial charge in [-0.05, 0) is 56.3 Å². The molecule has 0 unspecified atom stereocenters. The van der Waals surface area contributed by atoms with Crippen molar-refractivity contribution in [3.8, 4) is 17.1 Å². The first-order valence-corrected chi connectivity index (χ1v) is 10.00. The number of aryl methyl sites for hydroxylation is 1.